The van der Waals surface area contributed by atoms with Crippen molar-refractivity contribution in [2.24, 2.45) is 11.3 Å². The number of aryl methyl sites for hydroxylation is 2. The highest BCUT2D eigenvalue weighted by Gasteiger charge is 2.58. The summed E-state index contributed by atoms with van der Waals surface area (Å²) < 4.78 is 2.18. The maximum atomic E-state index is 13.8. The second-order valence-electron chi connectivity index (χ2n) is 10.7. The van der Waals surface area contributed by atoms with Gasteiger partial charge in [0, 0.05) is 50.9 Å². The van der Waals surface area contributed by atoms with Crippen molar-refractivity contribution in [2.45, 2.75) is 65.5 Å². The van der Waals surface area contributed by atoms with Gasteiger partial charge < -0.3 is 9.47 Å². The Balaban J connectivity index is 1.43. The largest absolute Gasteiger partial charge is 0.342 e. The number of imidazole rings is 1. The molecule has 5 rings (SSSR count). The van der Waals surface area contributed by atoms with E-state index in [9.17, 15) is 4.79 Å². The van der Waals surface area contributed by atoms with E-state index in [1.165, 1.54) is 29.5 Å². The van der Waals surface area contributed by atoms with Gasteiger partial charge in [-0.2, -0.15) is 0 Å². The first-order valence-corrected chi connectivity index (χ1v) is 12.0. The number of rotatable bonds is 6. The molecule has 2 aromatic rings. The van der Waals surface area contributed by atoms with Crippen molar-refractivity contribution in [3.05, 3.63) is 53.1 Å². The molecule has 3 aliphatic rings. The van der Waals surface area contributed by atoms with Crippen LogP contribution in [0.4, 0.5) is 0 Å². The molecule has 3 fully saturated rings. The molecule has 2 aliphatic heterocycles. The van der Waals surface area contributed by atoms with Crippen molar-refractivity contribution >= 4 is 5.91 Å². The van der Waals surface area contributed by atoms with Crippen LogP contribution in [0.2, 0.25) is 0 Å². The quantitative estimate of drug-likeness (QED) is 0.699. The van der Waals surface area contributed by atoms with Crippen LogP contribution < -0.4 is 0 Å². The van der Waals surface area contributed by atoms with E-state index in [2.05, 4.69) is 66.5 Å². The number of likely N-dealkylation sites (tertiary alicyclic amines) is 2. The molecule has 0 N–H and O–H groups in total. The summed E-state index contributed by atoms with van der Waals surface area (Å²) in [5.74, 6) is 1.30. The van der Waals surface area contributed by atoms with Crippen molar-refractivity contribution in [3.8, 4) is 0 Å². The first-order chi connectivity index (χ1) is 14.8. The van der Waals surface area contributed by atoms with Gasteiger partial charge in [0.2, 0.25) is 5.91 Å². The minimum absolute atomic E-state index is 0.176. The number of hydrogen-bond acceptors (Lipinski definition) is 3. The van der Waals surface area contributed by atoms with Crippen LogP contribution >= 0.6 is 0 Å². The molecular formula is C26H36N4O. The molecule has 2 saturated heterocycles. The number of aromatic nitrogens is 2. The van der Waals surface area contributed by atoms with Crippen molar-refractivity contribution < 1.29 is 4.79 Å². The number of carbonyl (C=O) groups is 1. The number of amides is 1. The molecule has 1 spiro atoms. The molecule has 1 aliphatic carbocycles. The van der Waals surface area contributed by atoms with E-state index in [0.717, 1.165) is 50.8 Å². The molecule has 0 radical (unpaired) electrons. The highest BCUT2D eigenvalue weighted by Crippen LogP contribution is 2.50. The smallest absolute Gasteiger partial charge is 0.230 e. The normalized spacial score (nSPS) is 26.7. The summed E-state index contributed by atoms with van der Waals surface area (Å²) in [4.78, 5) is 23.3. The lowest BCUT2D eigenvalue weighted by molar-refractivity contribution is -0.136. The van der Waals surface area contributed by atoms with Crippen LogP contribution in [0.5, 0.6) is 0 Å². The first-order valence-electron chi connectivity index (χ1n) is 12.0. The Bertz CT molecular complexity index is 955. The van der Waals surface area contributed by atoms with Gasteiger partial charge in [0.05, 0.1) is 17.4 Å². The first kappa shape index (κ1) is 20.7. The molecule has 1 aromatic heterocycles. The van der Waals surface area contributed by atoms with Crippen molar-refractivity contribution in [3.63, 3.8) is 0 Å². The summed E-state index contributed by atoms with van der Waals surface area (Å²) in [6.45, 7) is 13.2. The molecular weight excluding hydrogens is 384 g/mol. The second-order valence-corrected chi connectivity index (χ2v) is 10.7. The van der Waals surface area contributed by atoms with Crippen LogP contribution in [-0.2, 0) is 11.3 Å². The van der Waals surface area contributed by atoms with Crippen LogP contribution in [0.25, 0.3) is 0 Å². The van der Waals surface area contributed by atoms with E-state index in [-0.39, 0.29) is 11.3 Å². The Labute approximate surface area is 186 Å². The molecule has 5 nitrogen and oxygen atoms in total. The average Bonchev–Trinajstić information content (AvgIpc) is 3.12. The summed E-state index contributed by atoms with van der Waals surface area (Å²) in [5.41, 5.74) is 4.75. The monoisotopic (exact) mass is 420 g/mol. The van der Waals surface area contributed by atoms with Gasteiger partial charge in [-0.1, -0.05) is 29.3 Å². The Morgan fingerprint density at radius 1 is 1.16 bits per heavy atom. The summed E-state index contributed by atoms with van der Waals surface area (Å²) in [5, 5.41) is 0. The standard InChI is InChI=1S/C26H36N4O/c1-18(2)30-15-24(27-17-30)23-14-28(12-22-10-19(3)9-20(4)11-22)16-26(23)7-8-29(25(26)31)13-21-5-6-21/h9-11,15,17-18,21,23H,5-8,12-14,16H2,1-4H3/t23-,26+/m1/s1. The molecule has 3 heterocycles. The van der Waals surface area contributed by atoms with Crippen molar-refractivity contribution in [1.29, 1.82) is 0 Å². The third-order valence-corrected chi connectivity index (χ3v) is 7.59. The van der Waals surface area contributed by atoms with Gasteiger partial charge in [0.25, 0.3) is 0 Å². The van der Waals surface area contributed by atoms with E-state index < -0.39 is 0 Å². The predicted octanol–water partition coefficient (Wildman–Crippen LogP) is 4.31. The Morgan fingerprint density at radius 2 is 1.90 bits per heavy atom. The van der Waals surface area contributed by atoms with Crippen LogP contribution in [0.15, 0.2) is 30.7 Å². The summed E-state index contributed by atoms with van der Waals surface area (Å²) in [6, 6.07) is 7.19. The molecule has 0 unspecified atom stereocenters. The molecule has 166 valence electrons. The Hall–Kier alpha value is -2.14. The zero-order valence-corrected chi connectivity index (χ0v) is 19.5. The molecule has 1 saturated carbocycles. The van der Waals surface area contributed by atoms with Gasteiger partial charge in [0.15, 0.2) is 0 Å². The molecule has 1 aromatic carbocycles. The predicted molar refractivity (Wildman–Crippen MR) is 123 cm³/mol. The van der Waals surface area contributed by atoms with Gasteiger partial charge in [-0.15, -0.1) is 0 Å². The van der Waals surface area contributed by atoms with Gasteiger partial charge in [-0.25, -0.2) is 4.98 Å². The summed E-state index contributed by atoms with van der Waals surface area (Å²) in [7, 11) is 0. The molecule has 5 heteroatoms. The fourth-order valence-electron chi connectivity index (χ4n) is 5.85. The SMILES string of the molecule is Cc1cc(C)cc(CN2C[C@H](c3cn(C(C)C)cn3)[C@]3(CCN(CC4CC4)C3=O)C2)c1. The maximum absolute atomic E-state index is 13.8. The van der Waals surface area contributed by atoms with E-state index in [0.29, 0.717) is 11.9 Å². The van der Waals surface area contributed by atoms with Crippen LogP contribution in [-0.4, -0.2) is 51.4 Å². The third-order valence-electron chi connectivity index (χ3n) is 7.59. The third kappa shape index (κ3) is 3.93. The number of hydrogen-bond donors (Lipinski definition) is 0. The van der Waals surface area contributed by atoms with Crippen LogP contribution in [0, 0.1) is 25.2 Å². The number of carbonyl (C=O) groups excluding carboxylic acids is 1. The Kier molecular flexibility index (Phi) is 5.20. The van der Waals surface area contributed by atoms with E-state index >= 15 is 0 Å². The van der Waals surface area contributed by atoms with Gasteiger partial charge in [0.1, 0.15) is 0 Å². The van der Waals surface area contributed by atoms with Crippen molar-refractivity contribution in [2.75, 3.05) is 26.2 Å². The topological polar surface area (TPSA) is 41.4 Å². The molecule has 0 bridgehead atoms. The maximum Gasteiger partial charge on any atom is 0.230 e. The van der Waals surface area contributed by atoms with E-state index in [1.54, 1.807) is 0 Å². The Morgan fingerprint density at radius 3 is 2.55 bits per heavy atom. The minimum Gasteiger partial charge on any atom is -0.342 e. The lowest BCUT2D eigenvalue weighted by Crippen LogP contribution is -2.40. The fraction of sp³-hybridized carbons (Fsp3) is 0.615. The zero-order valence-electron chi connectivity index (χ0n) is 19.5. The van der Waals surface area contributed by atoms with Crippen LogP contribution in [0.1, 0.15) is 67.5 Å². The van der Waals surface area contributed by atoms with Gasteiger partial charge >= 0.3 is 0 Å². The lowest BCUT2D eigenvalue weighted by Gasteiger charge is -2.28. The van der Waals surface area contributed by atoms with Gasteiger partial charge in [-0.3, -0.25) is 9.69 Å². The molecule has 31 heavy (non-hydrogen) atoms. The lowest BCUT2D eigenvalue weighted by atomic mass is 9.75. The fourth-order valence-corrected chi connectivity index (χ4v) is 5.85. The minimum atomic E-state index is -0.316. The summed E-state index contributed by atoms with van der Waals surface area (Å²) in [6.07, 6.45) is 7.67. The number of nitrogens with zero attached hydrogens (tertiary/aromatic N) is 4. The zero-order chi connectivity index (χ0) is 21.8. The van der Waals surface area contributed by atoms with Crippen LogP contribution in [0.3, 0.4) is 0 Å². The molecule has 1 amide bonds. The highest BCUT2D eigenvalue weighted by molar-refractivity contribution is 5.87. The number of benzene rings is 1. The molecule has 2 atom stereocenters. The van der Waals surface area contributed by atoms with E-state index in [4.69, 9.17) is 4.98 Å². The average molecular weight is 421 g/mol. The van der Waals surface area contributed by atoms with Gasteiger partial charge in [-0.05, 0) is 58.4 Å². The van der Waals surface area contributed by atoms with E-state index in [1.807, 2.05) is 6.33 Å². The summed E-state index contributed by atoms with van der Waals surface area (Å²) >= 11 is 0. The highest BCUT2D eigenvalue weighted by atomic mass is 16.2. The van der Waals surface area contributed by atoms with Crippen molar-refractivity contribution in [1.82, 2.24) is 19.4 Å². The second kappa shape index (κ2) is 7.77.